The zero-order valence-electron chi connectivity index (χ0n) is 19.7. The van der Waals surface area contributed by atoms with Gasteiger partial charge < -0.3 is 19.9 Å². The van der Waals surface area contributed by atoms with Gasteiger partial charge in [0.05, 0.1) is 11.1 Å². The molecule has 0 saturated carbocycles. The Morgan fingerprint density at radius 1 is 0.629 bits per heavy atom. The Kier molecular flexibility index (Phi) is 6.83. The van der Waals surface area contributed by atoms with Gasteiger partial charge in [-0.05, 0) is 98.6 Å². The van der Waals surface area contributed by atoms with E-state index >= 15 is 0 Å². The summed E-state index contributed by atoms with van der Waals surface area (Å²) in [7, 11) is 0. The van der Waals surface area contributed by atoms with Crippen LogP contribution in [0.15, 0.2) is 84.9 Å². The molecule has 6 heteroatoms. The van der Waals surface area contributed by atoms with Crippen LogP contribution >= 0.6 is 0 Å². The van der Waals surface area contributed by atoms with Gasteiger partial charge in [0.2, 0.25) is 0 Å². The maximum absolute atomic E-state index is 13.0. The van der Waals surface area contributed by atoms with Gasteiger partial charge in [0.25, 0.3) is 5.91 Å². The van der Waals surface area contributed by atoms with Crippen molar-refractivity contribution in [2.45, 2.75) is 20.8 Å². The Morgan fingerprint density at radius 2 is 1.17 bits per heavy atom. The molecule has 0 bridgehead atoms. The van der Waals surface area contributed by atoms with E-state index in [0.29, 0.717) is 28.7 Å². The highest BCUT2D eigenvalue weighted by Crippen LogP contribution is 2.27. The molecular weight excluding hydrogens is 442 g/mol. The summed E-state index contributed by atoms with van der Waals surface area (Å²) in [5.41, 5.74) is 3.72. The summed E-state index contributed by atoms with van der Waals surface area (Å²) >= 11 is 0. The van der Waals surface area contributed by atoms with Gasteiger partial charge in [0.1, 0.15) is 23.0 Å². The number of carboxylic acid groups (broad SMARTS) is 1. The van der Waals surface area contributed by atoms with Crippen LogP contribution in [0.3, 0.4) is 0 Å². The van der Waals surface area contributed by atoms with Crippen molar-refractivity contribution >= 4 is 17.6 Å². The fraction of sp³-hybridized carbons (Fsp3) is 0.103. The molecular formula is C29H25NO5. The highest BCUT2D eigenvalue weighted by Gasteiger charge is 2.18. The molecule has 35 heavy (non-hydrogen) atoms. The average Bonchev–Trinajstić information content (AvgIpc) is 2.84. The summed E-state index contributed by atoms with van der Waals surface area (Å²) in [5, 5.41) is 12.3. The van der Waals surface area contributed by atoms with Crippen LogP contribution < -0.4 is 14.8 Å². The summed E-state index contributed by atoms with van der Waals surface area (Å²) in [6.45, 7) is 5.98. The van der Waals surface area contributed by atoms with Gasteiger partial charge >= 0.3 is 5.97 Å². The number of hydrogen-bond donors (Lipinski definition) is 2. The number of aromatic carboxylic acids is 1. The summed E-state index contributed by atoms with van der Waals surface area (Å²) < 4.78 is 11.7. The molecule has 4 aromatic rings. The van der Waals surface area contributed by atoms with E-state index in [9.17, 15) is 14.7 Å². The Labute approximate surface area is 203 Å². The number of carbonyl (C=O) groups excluding carboxylic acids is 1. The lowest BCUT2D eigenvalue weighted by molar-refractivity contribution is 0.0692. The summed E-state index contributed by atoms with van der Waals surface area (Å²) in [6.07, 6.45) is 0. The molecule has 0 aromatic heterocycles. The van der Waals surface area contributed by atoms with E-state index in [2.05, 4.69) is 5.32 Å². The third-order valence-electron chi connectivity index (χ3n) is 5.55. The number of carboxylic acids is 1. The van der Waals surface area contributed by atoms with Crippen LogP contribution in [0.5, 0.6) is 23.0 Å². The predicted molar refractivity (Wildman–Crippen MR) is 135 cm³/mol. The number of amides is 1. The zero-order valence-corrected chi connectivity index (χ0v) is 19.7. The fourth-order valence-electron chi connectivity index (χ4n) is 3.42. The topological polar surface area (TPSA) is 84.9 Å². The number of ether oxygens (including phenoxy) is 2. The molecule has 0 fully saturated rings. The first-order valence-corrected chi connectivity index (χ1v) is 11.1. The zero-order chi connectivity index (χ0) is 24.9. The molecule has 4 rings (SSSR count). The second-order valence-corrected chi connectivity index (χ2v) is 8.25. The molecule has 0 aliphatic heterocycles. The van der Waals surface area contributed by atoms with Crippen molar-refractivity contribution in [1.29, 1.82) is 0 Å². The maximum Gasteiger partial charge on any atom is 0.336 e. The van der Waals surface area contributed by atoms with Crippen molar-refractivity contribution in [2.75, 3.05) is 5.32 Å². The standard InChI is InChI=1S/C29H25NO5/c1-18-4-9-22(10-5-18)34-23-12-7-21(8-13-23)30-28(31)27-17-25(14-15-26(27)29(32)33)35-24-11-6-19(2)20(3)16-24/h4-17H,1-3H3,(H,30,31)(H,32,33). The Balaban J connectivity index is 1.51. The van der Waals surface area contributed by atoms with Crippen molar-refractivity contribution in [2.24, 2.45) is 0 Å². The van der Waals surface area contributed by atoms with Crippen molar-refractivity contribution in [1.82, 2.24) is 0 Å². The molecule has 176 valence electrons. The van der Waals surface area contributed by atoms with Gasteiger partial charge in [-0.25, -0.2) is 4.79 Å². The van der Waals surface area contributed by atoms with Crippen molar-refractivity contribution in [3.8, 4) is 23.0 Å². The van der Waals surface area contributed by atoms with Gasteiger partial charge in [-0.1, -0.05) is 23.8 Å². The van der Waals surface area contributed by atoms with Gasteiger partial charge in [-0.2, -0.15) is 0 Å². The maximum atomic E-state index is 13.0. The van der Waals surface area contributed by atoms with Crippen molar-refractivity contribution in [3.05, 3.63) is 113 Å². The third-order valence-corrected chi connectivity index (χ3v) is 5.55. The highest BCUT2D eigenvalue weighted by molar-refractivity contribution is 6.11. The molecule has 0 unspecified atom stereocenters. The number of rotatable bonds is 7. The monoisotopic (exact) mass is 467 g/mol. The molecule has 2 N–H and O–H groups in total. The second-order valence-electron chi connectivity index (χ2n) is 8.25. The summed E-state index contributed by atoms with van der Waals surface area (Å²) in [4.78, 5) is 24.7. The molecule has 0 saturated heterocycles. The largest absolute Gasteiger partial charge is 0.478 e. The van der Waals surface area contributed by atoms with Gasteiger partial charge in [0.15, 0.2) is 0 Å². The SMILES string of the molecule is Cc1ccc(Oc2ccc(NC(=O)c3cc(Oc4ccc(C)c(C)c4)ccc3C(=O)O)cc2)cc1. The molecule has 6 nitrogen and oxygen atoms in total. The van der Waals surface area contributed by atoms with Crippen LogP contribution in [0, 0.1) is 20.8 Å². The summed E-state index contributed by atoms with van der Waals surface area (Å²) in [5.74, 6) is 0.535. The average molecular weight is 468 g/mol. The van der Waals surface area contributed by atoms with E-state index in [1.54, 1.807) is 24.3 Å². The second kappa shape index (κ2) is 10.1. The van der Waals surface area contributed by atoms with Crippen LogP contribution in [-0.4, -0.2) is 17.0 Å². The number of anilines is 1. The van der Waals surface area contributed by atoms with E-state index in [-0.39, 0.29) is 11.1 Å². The number of nitrogens with one attached hydrogen (secondary N) is 1. The van der Waals surface area contributed by atoms with Gasteiger partial charge in [-0.15, -0.1) is 0 Å². The number of benzene rings is 4. The first kappa shape index (κ1) is 23.6. The normalized spacial score (nSPS) is 10.5. The van der Waals surface area contributed by atoms with E-state index in [1.807, 2.05) is 63.2 Å². The quantitative estimate of drug-likeness (QED) is 0.302. The number of carbonyl (C=O) groups is 2. The summed E-state index contributed by atoms with van der Waals surface area (Å²) in [6, 6.07) is 24.5. The molecule has 4 aromatic carbocycles. The first-order valence-electron chi connectivity index (χ1n) is 11.1. The van der Waals surface area contributed by atoms with E-state index in [1.165, 1.54) is 18.2 Å². The minimum atomic E-state index is -1.20. The fourth-order valence-corrected chi connectivity index (χ4v) is 3.42. The van der Waals surface area contributed by atoms with Crippen molar-refractivity contribution < 1.29 is 24.2 Å². The molecule has 0 heterocycles. The van der Waals surface area contributed by atoms with E-state index in [0.717, 1.165) is 16.7 Å². The van der Waals surface area contributed by atoms with Gasteiger partial charge in [0, 0.05) is 5.69 Å². The van der Waals surface area contributed by atoms with Crippen LogP contribution in [0.4, 0.5) is 5.69 Å². The molecule has 0 aliphatic carbocycles. The number of aryl methyl sites for hydroxylation is 3. The lowest BCUT2D eigenvalue weighted by atomic mass is 10.1. The molecule has 0 radical (unpaired) electrons. The Bertz CT molecular complexity index is 1380. The van der Waals surface area contributed by atoms with Crippen LogP contribution in [0.25, 0.3) is 0 Å². The predicted octanol–water partition coefficient (Wildman–Crippen LogP) is 7.15. The van der Waals surface area contributed by atoms with Crippen LogP contribution in [0.1, 0.15) is 37.4 Å². The van der Waals surface area contributed by atoms with Gasteiger partial charge in [-0.3, -0.25) is 4.79 Å². The molecule has 0 aliphatic rings. The minimum absolute atomic E-state index is 0.00110. The number of hydrogen-bond acceptors (Lipinski definition) is 4. The third kappa shape index (κ3) is 5.86. The first-order chi connectivity index (χ1) is 16.8. The van der Waals surface area contributed by atoms with E-state index < -0.39 is 11.9 Å². The molecule has 0 spiro atoms. The Morgan fingerprint density at radius 3 is 1.80 bits per heavy atom. The smallest absolute Gasteiger partial charge is 0.336 e. The van der Waals surface area contributed by atoms with Crippen LogP contribution in [-0.2, 0) is 0 Å². The minimum Gasteiger partial charge on any atom is -0.478 e. The van der Waals surface area contributed by atoms with Crippen LogP contribution in [0.2, 0.25) is 0 Å². The van der Waals surface area contributed by atoms with Crippen molar-refractivity contribution in [3.63, 3.8) is 0 Å². The Hall–Kier alpha value is -4.58. The lowest BCUT2D eigenvalue weighted by Gasteiger charge is -2.12. The molecule has 1 amide bonds. The molecule has 0 atom stereocenters. The lowest BCUT2D eigenvalue weighted by Crippen LogP contribution is -2.16. The highest BCUT2D eigenvalue weighted by atomic mass is 16.5. The van der Waals surface area contributed by atoms with E-state index in [4.69, 9.17) is 9.47 Å².